The number of benzene rings is 1. The van der Waals surface area contributed by atoms with Crippen molar-refractivity contribution in [1.82, 2.24) is 9.97 Å². The molecular weight excluding hydrogens is 324 g/mol. The van der Waals surface area contributed by atoms with Crippen molar-refractivity contribution in [3.63, 3.8) is 0 Å². The average Bonchev–Trinajstić information content (AvgIpc) is 2.98. The zero-order chi connectivity index (χ0) is 15.7. The molecule has 7 heteroatoms. The number of ether oxygens (including phenoxy) is 2. The van der Waals surface area contributed by atoms with E-state index in [-0.39, 0.29) is 5.56 Å². The number of hydrogen-bond acceptors (Lipinski definition) is 5. The Balaban J connectivity index is 2.03. The summed E-state index contributed by atoms with van der Waals surface area (Å²) in [4.78, 5) is 19.2. The predicted octanol–water partition coefficient (Wildman–Crippen LogP) is 3.25. The van der Waals surface area contributed by atoms with Gasteiger partial charge in [-0.3, -0.25) is 4.79 Å². The van der Waals surface area contributed by atoms with Gasteiger partial charge in [-0.1, -0.05) is 17.7 Å². The summed E-state index contributed by atoms with van der Waals surface area (Å²) in [6.45, 7) is 0. The second kappa shape index (κ2) is 5.98. The Kier molecular flexibility index (Phi) is 4.04. The minimum Gasteiger partial charge on any atom is -0.493 e. The van der Waals surface area contributed by atoms with Crippen LogP contribution in [-0.4, -0.2) is 24.2 Å². The van der Waals surface area contributed by atoms with E-state index in [1.165, 1.54) is 18.4 Å². The molecule has 0 bridgehead atoms. The van der Waals surface area contributed by atoms with E-state index in [4.69, 9.17) is 21.1 Å². The van der Waals surface area contributed by atoms with Crippen LogP contribution in [0.15, 0.2) is 28.4 Å². The number of aromatic nitrogens is 2. The Morgan fingerprint density at radius 3 is 2.82 bits per heavy atom. The number of aromatic amines is 1. The normalized spacial score (nSPS) is 10.9. The minimum atomic E-state index is -0.133. The number of halogens is 1. The summed E-state index contributed by atoms with van der Waals surface area (Å²) in [5.41, 5.74) is 1.36. The Labute approximate surface area is 135 Å². The van der Waals surface area contributed by atoms with Crippen molar-refractivity contribution >= 4 is 33.2 Å². The summed E-state index contributed by atoms with van der Waals surface area (Å²) < 4.78 is 11.1. The van der Waals surface area contributed by atoms with Crippen LogP contribution in [0.25, 0.3) is 10.2 Å². The van der Waals surface area contributed by atoms with Gasteiger partial charge in [-0.15, -0.1) is 11.3 Å². The number of rotatable bonds is 4. The van der Waals surface area contributed by atoms with Crippen molar-refractivity contribution in [2.75, 3.05) is 14.2 Å². The van der Waals surface area contributed by atoms with Gasteiger partial charge in [-0.2, -0.15) is 0 Å². The molecule has 0 radical (unpaired) electrons. The van der Waals surface area contributed by atoms with Crippen molar-refractivity contribution < 1.29 is 9.47 Å². The lowest BCUT2D eigenvalue weighted by Gasteiger charge is -2.12. The number of nitrogens with one attached hydrogen (secondary N) is 1. The minimum absolute atomic E-state index is 0.133. The van der Waals surface area contributed by atoms with Gasteiger partial charge in [0.05, 0.1) is 24.8 Å². The van der Waals surface area contributed by atoms with Crippen molar-refractivity contribution in [2.45, 2.75) is 6.42 Å². The van der Waals surface area contributed by atoms with E-state index in [0.29, 0.717) is 39.0 Å². The molecule has 0 amide bonds. The maximum Gasteiger partial charge on any atom is 0.268 e. The lowest BCUT2D eigenvalue weighted by Crippen LogP contribution is -2.11. The van der Waals surface area contributed by atoms with Crippen molar-refractivity contribution in [3.05, 3.63) is 50.3 Å². The van der Waals surface area contributed by atoms with Crippen LogP contribution in [0.2, 0.25) is 5.02 Å². The average molecular weight is 337 g/mol. The van der Waals surface area contributed by atoms with Crippen LogP contribution in [0.4, 0.5) is 0 Å². The molecule has 0 aliphatic heterocycles. The highest BCUT2D eigenvalue weighted by atomic mass is 35.5. The Bertz CT molecular complexity index is 888. The van der Waals surface area contributed by atoms with E-state index in [1.807, 2.05) is 17.5 Å². The van der Waals surface area contributed by atoms with Crippen LogP contribution in [0, 0.1) is 0 Å². The molecule has 0 fully saturated rings. The first-order chi connectivity index (χ1) is 10.6. The smallest absolute Gasteiger partial charge is 0.268 e. The van der Waals surface area contributed by atoms with Gasteiger partial charge in [0.15, 0.2) is 11.5 Å². The van der Waals surface area contributed by atoms with E-state index >= 15 is 0 Å². The first-order valence-electron chi connectivity index (χ1n) is 6.49. The van der Waals surface area contributed by atoms with E-state index in [2.05, 4.69) is 9.97 Å². The van der Waals surface area contributed by atoms with Crippen molar-refractivity contribution in [1.29, 1.82) is 0 Å². The summed E-state index contributed by atoms with van der Waals surface area (Å²) in [6.07, 6.45) is 0.403. The molecule has 2 heterocycles. The van der Waals surface area contributed by atoms with Crippen molar-refractivity contribution in [3.8, 4) is 11.5 Å². The monoisotopic (exact) mass is 336 g/mol. The second-order valence-electron chi connectivity index (χ2n) is 4.60. The molecule has 5 nitrogen and oxygen atoms in total. The van der Waals surface area contributed by atoms with Crippen LogP contribution < -0.4 is 15.0 Å². The summed E-state index contributed by atoms with van der Waals surface area (Å²) in [5, 5.41) is 2.30. The number of nitrogens with zero attached hydrogens (tertiary/aromatic N) is 1. The quantitative estimate of drug-likeness (QED) is 0.794. The van der Waals surface area contributed by atoms with Gasteiger partial charge in [-0.25, -0.2) is 4.98 Å². The Hall–Kier alpha value is -2.05. The fraction of sp³-hybridized carbons (Fsp3) is 0.200. The highest BCUT2D eigenvalue weighted by Gasteiger charge is 2.14. The van der Waals surface area contributed by atoms with Crippen LogP contribution in [0.3, 0.4) is 0 Å². The van der Waals surface area contributed by atoms with E-state index < -0.39 is 0 Å². The first kappa shape index (κ1) is 14.9. The van der Waals surface area contributed by atoms with Gasteiger partial charge in [0, 0.05) is 6.42 Å². The SMILES string of the molecule is COc1ccc(Cc2nc3ccsc3c(=O)[nH]2)c(Cl)c1OC. The zero-order valence-electron chi connectivity index (χ0n) is 12.0. The van der Waals surface area contributed by atoms with Crippen LogP contribution in [0.1, 0.15) is 11.4 Å². The molecule has 114 valence electrons. The van der Waals surface area contributed by atoms with E-state index in [9.17, 15) is 4.79 Å². The number of thiophene rings is 1. The first-order valence-corrected chi connectivity index (χ1v) is 7.75. The van der Waals surface area contributed by atoms with Crippen LogP contribution in [0.5, 0.6) is 11.5 Å². The molecule has 1 N–H and O–H groups in total. The standard InChI is InChI=1S/C15H13ClN2O3S/c1-20-10-4-3-8(12(16)13(10)21-2)7-11-17-9-5-6-22-14(9)15(19)18-11/h3-6H,7H2,1-2H3,(H,17,18,19). The molecule has 22 heavy (non-hydrogen) atoms. The lowest BCUT2D eigenvalue weighted by atomic mass is 10.1. The lowest BCUT2D eigenvalue weighted by molar-refractivity contribution is 0.355. The van der Waals surface area contributed by atoms with Gasteiger partial charge in [0.2, 0.25) is 0 Å². The number of H-pyrrole nitrogens is 1. The molecule has 2 aromatic heterocycles. The summed E-state index contributed by atoms with van der Waals surface area (Å²) in [7, 11) is 3.09. The second-order valence-corrected chi connectivity index (χ2v) is 5.89. The largest absolute Gasteiger partial charge is 0.493 e. The molecular formula is C15H13ClN2O3S. The highest BCUT2D eigenvalue weighted by molar-refractivity contribution is 7.17. The molecule has 0 saturated heterocycles. The molecule has 0 saturated carbocycles. The Morgan fingerprint density at radius 2 is 2.09 bits per heavy atom. The number of hydrogen-bond donors (Lipinski definition) is 1. The third-order valence-corrected chi connectivity index (χ3v) is 4.60. The zero-order valence-corrected chi connectivity index (χ0v) is 13.5. The molecule has 0 unspecified atom stereocenters. The molecule has 0 spiro atoms. The Morgan fingerprint density at radius 1 is 1.27 bits per heavy atom. The molecule has 3 aromatic rings. The third kappa shape index (κ3) is 2.55. The molecule has 3 rings (SSSR count). The van der Waals surface area contributed by atoms with Gasteiger partial charge in [0.25, 0.3) is 5.56 Å². The summed E-state index contributed by atoms with van der Waals surface area (Å²) in [5.74, 6) is 1.59. The predicted molar refractivity (Wildman–Crippen MR) is 87.6 cm³/mol. The molecule has 1 aromatic carbocycles. The molecule has 0 atom stereocenters. The fourth-order valence-electron chi connectivity index (χ4n) is 2.25. The highest BCUT2D eigenvalue weighted by Crippen LogP contribution is 2.37. The van der Waals surface area contributed by atoms with Crippen molar-refractivity contribution in [2.24, 2.45) is 0 Å². The topological polar surface area (TPSA) is 64.2 Å². The van der Waals surface area contributed by atoms with Crippen LogP contribution >= 0.6 is 22.9 Å². The van der Waals surface area contributed by atoms with Gasteiger partial charge >= 0.3 is 0 Å². The number of fused-ring (bicyclic) bond motifs is 1. The van der Waals surface area contributed by atoms with Gasteiger partial charge < -0.3 is 14.5 Å². The third-order valence-electron chi connectivity index (χ3n) is 3.29. The fourth-order valence-corrected chi connectivity index (χ4v) is 3.28. The molecule has 0 aliphatic carbocycles. The van der Waals surface area contributed by atoms with Crippen LogP contribution in [-0.2, 0) is 6.42 Å². The van der Waals surface area contributed by atoms with Gasteiger partial charge in [0.1, 0.15) is 10.5 Å². The summed E-state index contributed by atoms with van der Waals surface area (Å²) in [6, 6.07) is 5.44. The van der Waals surface area contributed by atoms with E-state index in [1.54, 1.807) is 13.2 Å². The summed E-state index contributed by atoms with van der Waals surface area (Å²) >= 11 is 7.73. The van der Waals surface area contributed by atoms with Gasteiger partial charge in [-0.05, 0) is 23.1 Å². The molecule has 0 aliphatic rings. The van der Waals surface area contributed by atoms with E-state index in [0.717, 1.165) is 5.56 Å². The maximum atomic E-state index is 12.0. The maximum absolute atomic E-state index is 12.0. The number of methoxy groups -OCH3 is 2.